The second-order valence-electron chi connectivity index (χ2n) is 2.05. The molecule has 24 heteroatoms. The van der Waals surface area contributed by atoms with E-state index in [0.29, 0.717) is 0 Å². The number of rotatable bonds is 0. The molecule has 0 aromatic heterocycles. The molecule has 0 fully saturated rings. The fourth-order valence-corrected chi connectivity index (χ4v) is 0. The molecule has 0 bridgehead atoms. The van der Waals surface area contributed by atoms with Gasteiger partial charge < -0.3 is 64.2 Å². The molecule has 0 aliphatic rings. The van der Waals surface area contributed by atoms with Crippen LogP contribution in [0.15, 0.2) is 0 Å². The van der Waals surface area contributed by atoms with Crippen molar-refractivity contribution in [2.24, 2.45) is 0 Å². The van der Waals surface area contributed by atoms with Crippen LogP contribution in [0.1, 0.15) is 0 Å². The first-order chi connectivity index (χ1) is 8.00. The molecule has 0 heterocycles. The molecule has 24 heavy (non-hydrogen) atoms. The van der Waals surface area contributed by atoms with Gasteiger partial charge >= 0.3 is 31.3 Å². The molecule has 0 aliphatic heterocycles. The Labute approximate surface area is 147 Å². The first kappa shape index (κ1) is 49.8. The highest BCUT2D eigenvalue weighted by Gasteiger charge is 2.01. The van der Waals surface area contributed by atoms with Gasteiger partial charge in [0, 0.05) is 0 Å². The molecular weight excluding hydrogens is 480 g/mol. The summed E-state index contributed by atoms with van der Waals surface area (Å²) >= 11 is 0. The molecule has 160 valence electrons. The van der Waals surface area contributed by atoms with Crippen LogP contribution in [0.5, 0.6) is 0 Å². The first-order valence-electron chi connectivity index (χ1n) is 3.13. The van der Waals surface area contributed by atoms with Crippen molar-refractivity contribution in [1.29, 1.82) is 0 Å². The lowest BCUT2D eigenvalue weighted by atomic mass is 15.8. The molecular formula is H26O17P4Si3. The molecule has 0 aliphatic carbocycles. The van der Waals surface area contributed by atoms with Crippen LogP contribution in [0.25, 0.3) is 0 Å². The molecule has 0 rings (SSSR count). The van der Waals surface area contributed by atoms with Crippen molar-refractivity contribution < 1.29 is 82.5 Å². The van der Waals surface area contributed by atoms with Gasteiger partial charge in [-0.1, -0.05) is 0 Å². The van der Waals surface area contributed by atoms with E-state index in [2.05, 4.69) is 0 Å². The molecule has 0 saturated carbocycles. The van der Waals surface area contributed by atoms with Crippen molar-refractivity contribution in [3.63, 3.8) is 0 Å². The molecule has 14 N–H and O–H groups in total. The van der Waals surface area contributed by atoms with E-state index in [0.717, 1.165) is 0 Å². The first-order valence-corrected chi connectivity index (χ1v) is 9.39. The summed E-state index contributed by atoms with van der Waals surface area (Å²) in [5.74, 6) is 0. The Kier molecular flexibility index (Phi) is 42.3. The fourth-order valence-electron chi connectivity index (χ4n) is 0. The van der Waals surface area contributed by atoms with Gasteiger partial charge in [0.15, 0.2) is 0 Å². The second-order valence-corrected chi connectivity index (χ2v) is 6.16. The highest BCUT2D eigenvalue weighted by molar-refractivity contribution is 7.45. The van der Waals surface area contributed by atoms with E-state index in [1.54, 1.807) is 0 Å². The van der Waals surface area contributed by atoms with Crippen LogP contribution in [0.3, 0.4) is 0 Å². The Bertz CT molecular complexity index is 292. The van der Waals surface area contributed by atoms with E-state index in [4.69, 9.17) is 77.0 Å². The Morgan fingerprint density at radius 1 is 0.333 bits per heavy atom. The van der Waals surface area contributed by atoms with Gasteiger partial charge in [0.05, 0.1) is 0 Å². The summed E-state index contributed by atoms with van der Waals surface area (Å²) in [7, 11) is -18.6. The number of phosphoric acid groups is 4. The maximum Gasteiger partial charge on any atom is 0.466 e. The summed E-state index contributed by atoms with van der Waals surface area (Å²) in [6.07, 6.45) is 0. The predicted molar refractivity (Wildman–Crippen MR) is 94.7 cm³/mol. The minimum absolute atomic E-state index is 0. The van der Waals surface area contributed by atoms with E-state index < -0.39 is 31.3 Å². The summed E-state index contributed by atoms with van der Waals surface area (Å²) in [6, 6.07) is 0. The van der Waals surface area contributed by atoms with Gasteiger partial charge in [-0.15, -0.1) is 0 Å². The fraction of sp³-hybridized carbons (Fsp3) is 0. The highest BCUT2D eigenvalue weighted by Crippen LogP contribution is 2.27. The zero-order chi connectivity index (χ0) is 18.0. The third-order valence-electron chi connectivity index (χ3n) is 0. The molecule has 0 atom stereocenters. The minimum atomic E-state index is -4.64. The van der Waals surface area contributed by atoms with Crippen molar-refractivity contribution in [3.8, 4) is 0 Å². The average Bonchev–Trinajstić information content (AvgIpc) is 1.62. The van der Waals surface area contributed by atoms with Gasteiger partial charge in [0.2, 0.25) is 0 Å². The maximum absolute atomic E-state index is 8.88. The van der Waals surface area contributed by atoms with Gasteiger partial charge in [-0.05, 0) is 32.9 Å². The van der Waals surface area contributed by atoms with E-state index in [9.17, 15) is 0 Å². The zero-order valence-electron chi connectivity index (χ0n) is 9.29. The molecule has 0 aromatic rings. The van der Waals surface area contributed by atoms with E-state index in [-0.39, 0.29) is 38.4 Å². The van der Waals surface area contributed by atoms with Crippen LogP contribution in [0.4, 0.5) is 0 Å². The van der Waals surface area contributed by atoms with Gasteiger partial charge in [-0.25, -0.2) is 18.3 Å². The molecule has 0 amide bonds. The highest BCUT2D eigenvalue weighted by atomic mass is 31.2. The summed E-state index contributed by atoms with van der Waals surface area (Å²) in [4.78, 5) is 86.2. The standard InChI is InChI=1S/4H3O4P.H2O.3H4Si/c4*1-5(2,3)4;;;;/h4*(H3,1,2,3,4);1H2;3*1H4. The quantitative estimate of drug-likeness (QED) is 0.107. The second kappa shape index (κ2) is 20.4. The smallest absolute Gasteiger partial charge is 0.412 e. The number of hydrogen-bond donors (Lipinski definition) is 12. The predicted octanol–water partition coefficient (Wildman–Crippen LogP) is -8.89. The lowest BCUT2D eigenvalue weighted by Crippen LogP contribution is -1.66. The van der Waals surface area contributed by atoms with Gasteiger partial charge in [0.25, 0.3) is 0 Å². The topological polar surface area (TPSA) is 343 Å². The lowest BCUT2D eigenvalue weighted by Gasteiger charge is -1.82. The molecule has 0 aromatic carbocycles. The van der Waals surface area contributed by atoms with Crippen molar-refractivity contribution in [2.45, 2.75) is 0 Å². The Morgan fingerprint density at radius 3 is 0.333 bits per heavy atom. The van der Waals surface area contributed by atoms with Crippen molar-refractivity contribution in [1.82, 2.24) is 0 Å². The maximum atomic E-state index is 8.88. The van der Waals surface area contributed by atoms with Crippen molar-refractivity contribution in [2.75, 3.05) is 0 Å². The molecule has 0 spiro atoms. The average molecular weight is 506 g/mol. The van der Waals surface area contributed by atoms with Gasteiger partial charge in [-0.3, -0.25) is 0 Å². The Balaban J connectivity index is -0.0000000225. The largest absolute Gasteiger partial charge is 0.466 e. The number of hydrogen-bond acceptors (Lipinski definition) is 4. The van der Waals surface area contributed by atoms with E-state index >= 15 is 0 Å². The van der Waals surface area contributed by atoms with Crippen LogP contribution in [0.2, 0.25) is 0 Å². The lowest BCUT2D eigenvalue weighted by molar-refractivity contribution is 0.272. The zero-order valence-corrected chi connectivity index (χ0v) is 12.9. The van der Waals surface area contributed by atoms with Gasteiger partial charge in [0.1, 0.15) is 0 Å². The van der Waals surface area contributed by atoms with Crippen LogP contribution in [-0.4, -0.2) is 97.1 Å². The van der Waals surface area contributed by atoms with Crippen LogP contribution in [0, 0.1) is 0 Å². The van der Waals surface area contributed by atoms with E-state index in [1.165, 1.54) is 0 Å². The summed E-state index contributed by atoms with van der Waals surface area (Å²) in [5.41, 5.74) is 0. The molecule has 0 saturated heterocycles. The normalized spacial score (nSPS) is 9.83. The molecule has 0 unspecified atom stereocenters. The SMILES string of the molecule is O.O=P(O)(O)O.O=P(O)(O)O.O=P(O)(O)O.O=P(O)(O)O.[SiH4].[SiH4].[SiH4]. The third-order valence-corrected chi connectivity index (χ3v) is 0. The van der Waals surface area contributed by atoms with Crippen LogP contribution < -0.4 is 0 Å². The van der Waals surface area contributed by atoms with E-state index in [1.807, 2.05) is 0 Å². The molecule has 0 radical (unpaired) electrons. The summed E-state index contributed by atoms with van der Waals surface area (Å²) < 4.78 is 35.5. The third kappa shape index (κ3) is 10200. The van der Waals surface area contributed by atoms with Gasteiger partial charge in [-0.2, -0.15) is 0 Å². The minimum Gasteiger partial charge on any atom is -0.412 e. The summed E-state index contributed by atoms with van der Waals surface area (Å²) in [5, 5.41) is 0. The van der Waals surface area contributed by atoms with Crippen LogP contribution in [-0.2, 0) is 18.3 Å². The summed E-state index contributed by atoms with van der Waals surface area (Å²) in [6.45, 7) is 0. The molecule has 17 nitrogen and oxygen atoms in total. The van der Waals surface area contributed by atoms with Crippen molar-refractivity contribution in [3.05, 3.63) is 0 Å². The Morgan fingerprint density at radius 2 is 0.333 bits per heavy atom. The monoisotopic (exact) mass is 506 g/mol. The van der Waals surface area contributed by atoms with Crippen LogP contribution >= 0.6 is 31.3 Å². The Hall–Kier alpha value is 1.05. The van der Waals surface area contributed by atoms with Crippen molar-refractivity contribution >= 4 is 64.2 Å².